The molecule has 1 aliphatic rings. The van der Waals surface area contributed by atoms with E-state index in [4.69, 9.17) is 16.3 Å². The summed E-state index contributed by atoms with van der Waals surface area (Å²) in [5.41, 5.74) is 1.58. The summed E-state index contributed by atoms with van der Waals surface area (Å²) < 4.78 is 5.63. The van der Waals surface area contributed by atoms with Crippen molar-refractivity contribution < 1.29 is 9.53 Å². The van der Waals surface area contributed by atoms with E-state index < -0.39 is 0 Å². The summed E-state index contributed by atoms with van der Waals surface area (Å²) in [6.07, 6.45) is 2.36. The van der Waals surface area contributed by atoms with E-state index in [0.29, 0.717) is 17.3 Å². The molecular formula is C14H13ClN2O2. The van der Waals surface area contributed by atoms with E-state index in [1.807, 2.05) is 24.3 Å². The van der Waals surface area contributed by atoms with E-state index in [9.17, 15) is 4.79 Å². The van der Waals surface area contributed by atoms with Gasteiger partial charge < -0.3 is 15.0 Å². The van der Waals surface area contributed by atoms with Crippen LogP contribution in [0.2, 0.25) is 5.02 Å². The summed E-state index contributed by atoms with van der Waals surface area (Å²) in [6.45, 7) is 0.483. The first-order chi connectivity index (χ1) is 9.22. The smallest absolute Gasteiger partial charge is 0.268 e. The number of H-pyrrole nitrogens is 1. The Kier molecular flexibility index (Phi) is 3.17. The predicted octanol–water partition coefficient (Wildman–Crippen LogP) is 2.40. The minimum atomic E-state index is -0.167. The van der Waals surface area contributed by atoms with Gasteiger partial charge in [-0.25, -0.2) is 0 Å². The van der Waals surface area contributed by atoms with Gasteiger partial charge in [-0.2, -0.15) is 0 Å². The molecule has 2 aromatic rings. The van der Waals surface area contributed by atoms with Crippen molar-refractivity contribution in [2.45, 2.75) is 12.5 Å². The Labute approximate surface area is 115 Å². The maximum absolute atomic E-state index is 12.0. The molecule has 0 bridgehead atoms. The van der Waals surface area contributed by atoms with Gasteiger partial charge in [-0.3, -0.25) is 4.79 Å². The summed E-state index contributed by atoms with van der Waals surface area (Å²) >= 11 is 5.78. The molecule has 1 aromatic carbocycles. The van der Waals surface area contributed by atoms with Crippen LogP contribution in [0.15, 0.2) is 36.5 Å². The van der Waals surface area contributed by atoms with Gasteiger partial charge in [0.1, 0.15) is 18.1 Å². The number of halogens is 1. The maximum atomic E-state index is 12.0. The van der Waals surface area contributed by atoms with Gasteiger partial charge in [0.05, 0.1) is 11.1 Å². The molecule has 1 amide bonds. The number of aromatic amines is 1. The number of hydrogen-bond acceptors (Lipinski definition) is 2. The monoisotopic (exact) mass is 276 g/mol. The molecule has 2 heterocycles. The van der Waals surface area contributed by atoms with Crippen LogP contribution in [0.1, 0.15) is 16.1 Å². The molecule has 1 aliphatic heterocycles. The van der Waals surface area contributed by atoms with Crippen LogP contribution < -0.4 is 10.1 Å². The molecule has 4 nitrogen and oxygen atoms in total. The topological polar surface area (TPSA) is 54.1 Å². The zero-order valence-electron chi connectivity index (χ0n) is 10.2. The molecular weight excluding hydrogens is 264 g/mol. The third-order valence-electron chi connectivity index (χ3n) is 3.11. The molecule has 1 aromatic heterocycles. The second-order valence-electron chi connectivity index (χ2n) is 4.52. The number of amides is 1. The van der Waals surface area contributed by atoms with Gasteiger partial charge in [0, 0.05) is 6.20 Å². The minimum absolute atomic E-state index is 0.0236. The lowest BCUT2D eigenvalue weighted by atomic mass is 10.0. The van der Waals surface area contributed by atoms with E-state index in [2.05, 4.69) is 10.3 Å². The van der Waals surface area contributed by atoms with E-state index >= 15 is 0 Å². The van der Waals surface area contributed by atoms with Crippen LogP contribution >= 0.6 is 11.6 Å². The van der Waals surface area contributed by atoms with Crippen LogP contribution in [0.5, 0.6) is 5.75 Å². The third kappa shape index (κ3) is 2.58. The second kappa shape index (κ2) is 4.97. The van der Waals surface area contributed by atoms with Crippen molar-refractivity contribution >= 4 is 17.5 Å². The molecule has 0 aliphatic carbocycles. The highest BCUT2D eigenvalue weighted by atomic mass is 35.5. The molecule has 0 radical (unpaired) electrons. The summed E-state index contributed by atoms with van der Waals surface area (Å²) in [5, 5.41) is 3.46. The lowest BCUT2D eigenvalue weighted by molar-refractivity contribution is 0.0911. The highest BCUT2D eigenvalue weighted by molar-refractivity contribution is 6.30. The Morgan fingerprint density at radius 1 is 1.42 bits per heavy atom. The number of benzene rings is 1. The van der Waals surface area contributed by atoms with Crippen molar-refractivity contribution in [2.75, 3.05) is 6.61 Å². The molecule has 0 saturated carbocycles. The van der Waals surface area contributed by atoms with E-state index in [0.717, 1.165) is 17.7 Å². The standard InChI is InChI=1S/C14H13ClN2O2/c15-10-6-12(16-7-10)14(18)17-11-5-9-3-1-2-4-13(9)19-8-11/h1-4,6-7,11,16H,5,8H2,(H,17,18)/t11-/m1/s1. The Bertz CT molecular complexity index is 609. The Balaban J connectivity index is 1.68. The zero-order valence-corrected chi connectivity index (χ0v) is 10.9. The first kappa shape index (κ1) is 12.1. The number of ether oxygens (including phenoxy) is 1. The van der Waals surface area contributed by atoms with Crippen LogP contribution in [0.4, 0.5) is 0 Å². The van der Waals surface area contributed by atoms with Crippen LogP contribution in [0.3, 0.4) is 0 Å². The SMILES string of the molecule is O=C(N[C@H]1COc2ccccc2C1)c1cc(Cl)c[nH]1. The number of carbonyl (C=O) groups excluding carboxylic acids is 1. The normalized spacial score (nSPS) is 17.4. The molecule has 1 atom stereocenters. The molecule has 3 rings (SSSR count). The fraction of sp³-hybridized carbons (Fsp3) is 0.214. The molecule has 5 heteroatoms. The van der Waals surface area contributed by atoms with Gasteiger partial charge in [-0.15, -0.1) is 0 Å². The highest BCUT2D eigenvalue weighted by Gasteiger charge is 2.21. The summed E-state index contributed by atoms with van der Waals surface area (Å²) in [5.74, 6) is 0.732. The van der Waals surface area contributed by atoms with Crippen molar-refractivity contribution in [3.8, 4) is 5.75 Å². The molecule has 0 fully saturated rings. The van der Waals surface area contributed by atoms with Gasteiger partial charge in [-0.05, 0) is 24.1 Å². The Morgan fingerprint density at radius 3 is 3.05 bits per heavy atom. The quantitative estimate of drug-likeness (QED) is 0.885. The van der Waals surface area contributed by atoms with Crippen molar-refractivity contribution in [3.63, 3.8) is 0 Å². The molecule has 0 unspecified atom stereocenters. The lowest BCUT2D eigenvalue weighted by Crippen LogP contribution is -2.42. The number of fused-ring (bicyclic) bond motifs is 1. The van der Waals surface area contributed by atoms with Crippen molar-refractivity contribution in [1.82, 2.24) is 10.3 Å². The number of para-hydroxylation sites is 1. The van der Waals surface area contributed by atoms with Gasteiger partial charge in [0.15, 0.2) is 0 Å². The van der Waals surface area contributed by atoms with Gasteiger partial charge >= 0.3 is 0 Å². The molecule has 19 heavy (non-hydrogen) atoms. The van der Waals surface area contributed by atoms with Crippen molar-refractivity contribution in [1.29, 1.82) is 0 Å². The first-order valence-corrected chi connectivity index (χ1v) is 6.45. The van der Waals surface area contributed by atoms with E-state index in [1.165, 1.54) is 0 Å². The fourth-order valence-corrected chi connectivity index (χ4v) is 2.35. The molecule has 0 saturated heterocycles. The van der Waals surface area contributed by atoms with Gasteiger partial charge in [0.25, 0.3) is 5.91 Å². The largest absolute Gasteiger partial charge is 0.491 e. The zero-order chi connectivity index (χ0) is 13.2. The maximum Gasteiger partial charge on any atom is 0.268 e. The first-order valence-electron chi connectivity index (χ1n) is 6.08. The third-order valence-corrected chi connectivity index (χ3v) is 3.32. The Hall–Kier alpha value is -1.94. The summed E-state index contributed by atoms with van der Waals surface area (Å²) in [7, 11) is 0. The van der Waals surface area contributed by atoms with Crippen molar-refractivity contribution in [3.05, 3.63) is 52.8 Å². The summed E-state index contributed by atoms with van der Waals surface area (Å²) in [4.78, 5) is 14.8. The number of nitrogens with one attached hydrogen (secondary N) is 2. The average Bonchev–Trinajstić information content (AvgIpc) is 2.85. The minimum Gasteiger partial charge on any atom is -0.491 e. The molecule has 98 valence electrons. The number of carbonyl (C=O) groups is 1. The molecule has 2 N–H and O–H groups in total. The fourth-order valence-electron chi connectivity index (χ4n) is 2.18. The van der Waals surface area contributed by atoms with Gasteiger partial charge in [-0.1, -0.05) is 29.8 Å². The van der Waals surface area contributed by atoms with Gasteiger partial charge in [0.2, 0.25) is 0 Å². The summed E-state index contributed by atoms with van der Waals surface area (Å²) in [6, 6.07) is 9.45. The van der Waals surface area contributed by atoms with Crippen LogP contribution in [-0.2, 0) is 6.42 Å². The Morgan fingerprint density at radius 2 is 2.26 bits per heavy atom. The van der Waals surface area contributed by atoms with E-state index in [1.54, 1.807) is 12.3 Å². The second-order valence-corrected chi connectivity index (χ2v) is 4.96. The highest BCUT2D eigenvalue weighted by Crippen LogP contribution is 2.24. The van der Waals surface area contributed by atoms with Crippen LogP contribution in [0.25, 0.3) is 0 Å². The van der Waals surface area contributed by atoms with Crippen LogP contribution in [0, 0.1) is 0 Å². The van der Waals surface area contributed by atoms with Crippen molar-refractivity contribution in [2.24, 2.45) is 0 Å². The van der Waals surface area contributed by atoms with Crippen LogP contribution in [-0.4, -0.2) is 23.5 Å². The molecule has 0 spiro atoms. The number of rotatable bonds is 2. The predicted molar refractivity (Wildman–Crippen MR) is 72.7 cm³/mol. The average molecular weight is 277 g/mol. The number of hydrogen-bond donors (Lipinski definition) is 2. The van der Waals surface area contributed by atoms with E-state index in [-0.39, 0.29) is 11.9 Å². The number of aromatic nitrogens is 1. The lowest BCUT2D eigenvalue weighted by Gasteiger charge is -2.25.